The number of fused-ring (bicyclic) bond motifs is 3. The number of benzene rings is 1. The molecule has 1 N–H and O–H groups in total. The van der Waals surface area contributed by atoms with E-state index in [-0.39, 0.29) is 12.0 Å². The maximum absolute atomic E-state index is 12.8. The van der Waals surface area contributed by atoms with Gasteiger partial charge in [-0.15, -0.1) is 0 Å². The van der Waals surface area contributed by atoms with Crippen molar-refractivity contribution in [2.45, 2.75) is 39.3 Å². The van der Waals surface area contributed by atoms with Crippen molar-refractivity contribution in [3.8, 4) is 0 Å². The Morgan fingerprint density at radius 3 is 2.54 bits per heavy atom. The molecule has 1 aromatic rings. The van der Waals surface area contributed by atoms with Crippen LogP contribution in [0, 0.1) is 17.8 Å². The van der Waals surface area contributed by atoms with Crippen LogP contribution in [0.3, 0.4) is 0 Å². The molecule has 0 aromatic heterocycles. The minimum Gasteiger partial charge on any atom is -0.460 e. The molecule has 4 heteroatoms. The number of carbonyl (C=O) groups excluding carboxylic acids is 1. The van der Waals surface area contributed by atoms with Gasteiger partial charge < -0.3 is 15.0 Å². The molecule has 24 heavy (non-hydrogen) atoms. The molecule has 3 aliphatic rings. The Kier molecular flexibility index (Phi) is 5.90. The van der Waals surface area contributed by atoms with Gasteiger partial charge >= 0.3 is 5.97 Å². The predicted octanol–water partition coefficient (Wildman–Crippen LogP) is 2.69. The van der Waals surface area contributed by atoms with Crippen LogP contribution in [0.15, 0.2) is 30.3 Å². The van der Waals surface area contributed by atoms with Gasteiger partial charge in [0.1, 0.15) is 12.6 Å². The van der Waals surface area contributed by atoms with Gasteiger partial charge in [-0.3, -0.25) is 4.79 Å². The first kappa shape index (κ1) is 17.4. The SMILES string of the molecule is CC(C)CNC(C(=O)OCc1ccccc1)C1CN2CCC1CC2. The summed E-state index contributed by atoms with van der Waals surface area (Å²) in [6.07, 6.45) is 2.44. The van der Waals surface area contributed by atoms with Crippen molar-refractivity contribution in [3.63, 3.8) is 0 Å². The Bertz CT molecular complexity index is 524. The van der Waals surface area contributed by atoms with E-state index in [0.29, 0.717) is 24.4 Å². The van der Waals surface area contributed by atoms with Gasteiger partial charge in [0.05, 0.1) is 0 Å². The fourth-order valence-corrected chi connectivity index (χ4v) is 3.98. The van der Waals surface area contributed by atoms with E-state index >= 15 is 0 Å². The highest BCUT2D eigenvalue weighted by Crippen LogP contribution is 2.34. The van der Waals surface area contributed by atoms with Crippen molar-refractivity contribution in [1.82, 2.24) is 10.2 Å². The van der Waals surface area contributed by atoms with Crippen molar-refractivity contribution in [1.29, 1.82) is 0 Å². The molecule has 0 aliphatic carbocycles. The van der Waals surface area contributed by atoms with E-state index in [1.807, 2.05) is 30.3 Å². The van der Waals surface area contributed by atoms with Crippen LogP contribution in [0.4, 0.5) is 0 Å². The highest BCUT2D eigenvalue weighted by atomic mass is 16.5. The molecule has 0 spiro atoms. The Hall–Kier alpha value is -1.39. The van der Waals surface area contributed by atoms with Crippen molar-refractivity contribution in [3.05, 3.63) is 35.9 Å². The first-order valence-corrected chi connectivity index (χ1v) is 9.30. The molecule has 3 saturated heterocycles. The summed E-state index contributed by atoms with van der Waals surface area (Å²) in [5.41, 5.74) is 1.04. The second-order valence-electron chi connectivity index (χ2n) is 7.67. The molecule has 0 amide bonds. The van der Waals surface area contributed by atoms with Gasteiger partial charge in [0.2, 0.25) is 0 Å². The maximum Gasteiger partial charge on any atom is 0.323 e. The summed E-state index contributed by atoms with van der Waals surface area (Å²) >= 11 is 0. The standard InChI is InChI=1S/C20H30N2O2/c1-15(2)12-21-19(18-13-22-10-8-17(18)9-11-22)20(23)24-14-16-6-4-3-5-7-16/h3-7,15,17-19,21H,8-14H2,1-2H3. The van der Waals surface area contributed by atoms with Gasteiger partial charge in [-0.05, 0) is 49.9 Å². The average molecular weight is 330 g/mol. The number of carbonyl (C=O) groups is 1. The van der Waals surface area contributed by atoms with Crippen LogP contribution < -0.4 is 5.32 Å². The van der Waals surface area contributed by atoms with Crippen molar-refractivity contribution in [2.75, 3.05) is 26.2 Å². The Balaban J connectivity index is 1.63. The smallest absolute Gasteiger partial charge is 0.323 e. The van der Waals surface area contributed by atoms with Gasteiger partial charge in [-0.25, -0.2) is 0 Å². The topological polar surface area (TPSA) is 41.6 Å². The number of ether oxygens (including phenoxy) is 1. The summed E-state index contributed by atoms with van der Waals surface area (Å²) < 4.78 is 5.66. The van der Waals surface area contributed by atoms with Crippen molar-refractivity contribution in [2.24, 2.45) is 17.8 Å². The molecule has 132 valence electrons. The number of rotatable bonds is 7. The second-order valence-corrected chi connectivity index (χ2v) is 7.67. The lowest BCUT2D eigenvalue weighted by Crippen LogP contribution is -2.57. The quantitative estimate of drug-likeness (QED) is 0.781. The van der Waals surface area contributed by atoms with E-state index in [1.165, 1.54) is 25.9 Å². The number of hydrogen-bond acceptors (Lipinski definition) is 4. The highest BCUT2D eigenvalue weighted by molar-refractivity contribution is 5.76. The highest BCUT2D eigenvalue weighted by Gasteiger charge is 2.41. The molecule has 2 bridgehead atoms. The van der Waals surface area contributed by atoms with Gasteiger partial charge in [0, 0.05) is 12.5 Å². The lowest BCUT2D eigenvalue weighted by Gasteiger charge is -2.47. The molecule has 3 heterocycles. The van der Waals surface area contributed by atoms with E-state index in [4.69, 9.17) is 4.74 Å². The zero-order valence-electron chi connectivity index (χ0n) is 14.9. The van der Waals surface area contributed by atoms with Crippen LogP contribution in [0.25, 0.3) is 0 Å². The molecule has 2 unspecified atom stereocenters. The Morgan fingerprint density at radius 1 is 1.25 bits per heavy atom. The normalized spacial score (nSPS) is 27.2. The minimum absolute atomic E-state index is 0.0850. The van der Waals surface area contributed by atoms with Crippen molar-refractivity contribution >= 4 is 5.97 Å². The molecule has 1 aromatic carbocycles. The van der Waals surface area contributed by atoms with E-state index in [1.54, 1.807) is 0 Å². The van der Waals surface area contributed by atoms with Crippen LogP contribution in [-0.2, 0) is 16.1 Å². The molecule has 4 nitrogen and oxygen atoms in total. The average Bonchev–Trinajstić information content (AvgIpc) is 2.62. The van der Waals surface area contributed by atoms with Crippen LogP contribution in [0.2, 0.25) is 0 Å². The number of nitrogens with one attached hydrogen (secondary N) is 1. The summed E-state index contributed by atoms with van der Waals surface area (Å²) in [6, 6.07) is 9.75. The lowest BCUT2D eigenvalue weighted by molar-refractivity contribution is -0.151. The van der Waals surface area contributed by atoms with Crippen LogP contribution in [0.1, 0.15) is 32.3 Å². The summed E-state index contributed by atoms with van der Waals surface area (Å²) in [5.74, 6) is 1.48. The molecule has 2 atom stereocenters. The van der Waals surface area contributed by atoms with E-state index in [9.17, 15) is 4.79 Å². The predicted molar refractivity (Wildman–Crippen MR) is 95.5 cm³/mol. The largest absolute Gasteiger partial charge is 0.460 e. The van der Waals surface area contributed by atoms with Gasteiger partial charge in [0.25, 0.3) is 0 Å². The van der Waals surface area contributed by atoms with E-state index in [0.717, 1.165) is 18.7 Å². The number of hydrogen-bond donors (Lipinski definition) is 1. The van der Waals surface area contributed by atoms with Crippen molar-refractivity contribution < 1.29 is 9.53 Å². The third kappa shape index (κ3) is 4.37. The number of piperidine rings is 3. The first-order chi connectivity index (χ1) is 11.6. The van der Waals surface area contributed by atoms with E-state index in [2.05, 4.69) is 24.1 Å². The monoisotopic (exact) mass is 330 g/mol. The lowest BCUT2D eigenvalue weighted by atomic mass is 9.75. The van der Waals surface area contributed by atoms with Gasteiger partial charge in [-0.1, -0.05) is 44.2 Å². The van der Waals surface area contributed by atoms with Crippen LogP contribution in [0.5, 0.6) is 0 Å². The fourth-order valence-electron chi connectivity index (χ4n) is 3.98. The molecule has 0 saturated carbocycles. The molecule has 0 radical (unpaired) electrons. The van der Waals surface area contributed by atoms with Gasteiger partial charge in [0.15, 0.2) is 0 Å². The Morgan fingerprint density at radius 2 is 1.96 bits per heavy atom. The molecule has 4 rings (SSSR count). The third-order valence-corrected chi connectivity index (χ3v) is 5.36. The number of nitrogens with zero attached hydrogens (tertiary/aromatic N) is 1. The summed E-state index contributed by atoms with van der Waals surface area (Å²) in [7, 11) is 0. The molecule has 3 fully saturated rings. The summed E-state index contributed by atoms with van der Waals surface area (Å²) in [6.45, 7) is 8.98. The molecular formula is C20H30N2O2. The van der Waals surface area contributed by atoms with E-state index < -0.39 is 0 Å². The minimum atomic E-state index is -0.177. The number of esters is 1. The Labute approximate surface area is 145 Å². The van der Waals surface area contributed by atoms with Gasteiger partial charge in [-0.2, -0.15) is 0 Å². The summed E-state index contributed by atoms with van der Waals surface area (Å²) in [4.78, 5) is 15.3. The van der Waals surface area contributed by atoms with Crippen LogP contribution in [-0.4, -0.2) is 43.1 Å². The van der Waals surface area contributed by atoms with Crippen LogP contribution >= 0.6 is 0 Å². The second kappa shape index (κ2) is 8.13. The molecular weight excluding hydrogens is 300 g/mol. The maximum atomic E-state index is 12.8. The zero-order valence-corrected chi connectivity index (χ0v) is 14.9. The summed E-state index contributed by atoms with van der Waals surface area (Å²) in [5, 5.41) is 3.51. The molecule has 3 aliphatic heterocycles. The third-order valence-electron chi connectivity index (χ3n) is 5.36. The first-order valence-electron chi connectivity index (χ1n) is 9.30. The fraction of sp³-hybridized carbons (Fsp3) is 0.650. The zero-order chi connectivity index (χ0) is 16.9.